The Morgan fingerprint density at radius 3 is 2.12 bits per heavy atom. The van der Waals surface area contributed by atoms with Crippen LogP contribution in [-0.4, -0.2) is 55.1 Å². The largest absolute Gasteiger partial charge is 0.471 e. The van der Waals surface area contributed by atoms with Gasteiger partial charge in [0.1, 0.15) is 0 Å². The first-order chi connectivity index (χ1) is 7.82. The number of halogens is 3. The van der Waals surface area contributed by atoms with E-state index in [2.05, 4.69) is 0 Å². The van der Waals surface area contributed by atoms with E-state index in [0.717, 1.165) is 17.7 Å². The molecule has 6 heteroatoms. The Balaban J connectivity index is 2.67. The van der Waals surface area contributed by atoms with Crippen molar-refractivity contribution in [3.05, 3.63) is 0 Å². The second kappa shape index (κ2) is 5.71. The van der Waals surface area contributed by atoms with E-state index in [1.165, 1.54) is 0 Å². The fourth-order valence-electron chi connectivity index (χ4n) is 2.14. The lowest BCUT2D eigenvalue weighted by Gasteiger charge is -2.30. The Labute approximate surface area is 99.6 Å². The van der Waals surface area contributed by atoms with Crippen molar-refractivity contribution in [2.75, 3.05) is 27.2 Å². The van der Waals surface area contributed by atoms with Crippen molar-refractivity contribution in [3.8, 4) is 0 Å². The average molecular weight is 252 g/mol. The highest BCUT2D eigenvalue weighted by atomic mass is 19.4. The minimum atomic E-state index is -4.76. The summed E-state index contributed by atoms with van der Waals surface area (Å²) in [7, 11) is 3.57. The van der Waals surface area contributed by atoms with Gasteiger partial charge in [-0.2, -0.15) is 13.2 Å². The molecule has 0 atom stereocenters. The molecule has 0 aromatic rings. The average Bonchev–Trinajstić information content (AvgIpc) is 2.69. The second-order valence-electron chi connectivity index (χ2n) is 4.74. The number of likely N-dealkylation sites (N-methyl/N-ethyl adjacent to an activating group) is 1. The summed E-state index contributed by atoms with van der Waals surface area (Å²) in [5.41, 5.74) is 0. The van der Waals surface area contributed by atoms with Crippen LogP contribution in [0.5, 0.6) is 0 Å². The standard InChI is InChI=1S/C11H19F3N2O/c1-15(2)7-8-16(9-5-3-4-6-9)10(17)11(12,13)14/h9H,3-8H2,1-2H3. The van der Waals surface area contributed by atoms with E-state index in [9.17, 15) is 18.0 Å². The molecule has 1 aliphatic rings. The summed E-state index contributed by atoms with van der Waals surface area (Å²) in [6, 6.07) is -0.232. The van der Waals surface area contributed by atoms with Gasteiger partial charge in [-0.05, 0) is 26.9 Å². The Bertz CT molecular complexity index is 260. The summed E-state index contributed by atoms with van der Waals surface area (Å²) in [4.78, 5) is 14.1. The molecule has 1 saturated carbocycles. The third-order valence-corrected chi connectivity index (χ3v) is 3.06. The summed E-state index contributed by atoms with van der Waals surface area (Å²) in [5, 5.41) is 0. The second-order valence-corrected chi connectivity index (χ2v) is 4.74. The highest BCUT2D eigenvalue weighted by Crippen LogP contribution is 2.27. The van der Waals surface area contributed by atoms with Crippen LogP contribution in [0.2, 0.25) is 0 Å². The van der Waals surface area contributed by atoms with Crippen molar-refractivity contribution in [2.24, 2.45) is 0 Å². The van der Waals surface area contributed by atoms with Crippen LogP contribution in [0.1, 0.15) is 25.7 Å². The third-order valence-electron chi connectivity index (χ3n) is 3.06. The van der Waals surface area contributed by atoms with Gasteiger partial charge in [0.2, 0.25) is 0 Å². The van der Waals surface area contributed by atoms with Crippen LogP contribution in [0.25, 0.3) is 0 Å². The van der Waals surface area contributed by atoms with Gasteiger partial charge in [0.05, 0.1) is 0 Å². The number of hydrogen-bond donors (Lipinski definition) is 0. The lowest BCUT2D eigenvalue weighted by molar-refractivity contribution is -0.187. The van der Waals surface area contributed by atoms with Crippen molar-refractivity contribution >= 4 is 5.91 Å². The molecule has 1 rings (SSSR count). The minimum absolute atomic E-state index is 0.149. The van der Waals surface area contributed by atoms with Gasteiger partial charge in [-0.3, -0.25) is 4.79 Å². The van der Waals surface area contributed by atoms with Crippen molar-refractivity contribution in [3.63, 3.8) is 0 Å². The lowest BCUT2D eigenvalue weighted by Crippen LogP contribution is -2.48. The van der Waals surface area contributed by atoms with Crippen molar-refractivity contribution < 1.29 is 18.0 Å². The maximum atomic E-state index is 12.5. The van der Waals surface area contributed by atoms with Gasteiger partial charge in [0, 0.05) is 19.1 Å². The molecule has 0 heterocycles. The topological polar surface area (TPSA) is 23.6 Å². The molecule has 3 nitrogen and oxygen atoms in total. The van der Waals surface area contributed by atoms with Crippen LogP contribution < -0.4 is 0 Å². The number of carbonyl (C=O) groups is 1. The molecule has 0 aromatic heterocycles. The predicted octanol–water partition coefficient (Wildman–Crippen LogP) is 1.88. The maximum Gasteiger partial charge on any atom is 0.471 e. The van der Waals surface area contributed by atoms with Gasteiger partial charge in [-0.25, -0.2) is 0 Å². The highest BCUT2D eigenvalue weighted by molar-refractivity contribution is 5.82. The first-order valence-electron chi connectivity index (χ1n) is 5.85. The van der Waals surface area contributed by atoms with Gasteiger partial charge < -0.3 is 9.80 Å². The summed E-state index contributed by atoms with van der Waals surface area (Å²) < 4.78 is 37.4. The number of amides is 1. The first-order valence-corrected chi connectivity index (χ1v) is 5.85. The smallest absolute Gasteiger partial charge is 0.331 e. The zero-order valence-electron chi connectivity index (χ0n) is 10.3. The summed E-state index contributed by atoms with van der Waals surface area (Å²) >= 11 is 0. The molecule has 1 amide bonds. The van der Waals surface area contributed by atoms with Gasteiger partial charge in [0.15, 0.2) is 0 Å². The summed E-state index contributed by atoms with van der Waals surface area (Å²) in [5.74, 6) is -1.69. The molecule has 1 aliphatic carbocycles. The fraction of sp³-hybridized carbons (Fsp3) is 0.909. The number of nitrogens with zero attached hydrogens (tertiary/aromatic N) is 2. The van der Waals surface area contributed by atoms with E-state index < -0.39 is 12.1 Å². The van der Waals surface area contributed by atoms with Crippen LogP contribution >= 0.6 is 0 Å². The molecule has 0 N–H and O–H groups in total. The maximum absolute atomic E-state index is 12.5. The van der Waals surface area contributed by atoms with Crippen molar-refractivity contribution in [2.45, 2.75) is 37.9 Å². The van der Waals surface area contributed by atoms with E-state index in [4.69, 9.17) is 0 Å². The number of hydrogen-bond acceptors (Lipinski definition) is 2. The molecule has 100 valence electrons. The monoisotopic (exact) mass is 252 g/mol. The number of alkyl halides is 3. The molecule has 1 fully saturated rings. The van der Waals surface area contributed by atoms with Gasteiger partial charge in [-0.1, -0.05) is 12.8 Å². The van der Waals surface area contributed by atoms with Crippen LogP contribution in [0.3, 0.4) is 0 Å². The molecule has 0 unspecified atom stereocenters. The first kappa shape index (κ1) is 14.3. The normalized spacial score (nSPS) is 17.8. The zero-order chi connectivity index (χ0) is 13.1. The van der Waals surface area contributed by atoms with Crippen molar-refractivity contribution in [1.82, 2.24) is 9.80 Å². The predicted molar refractivity (Wildman–Crippen MR) is 58.6 cm³/mol. The molecule has 17 heavy (non-hydrogen) atoms. The minimum Gasteiger partial charge on any atom is -0.331 e. The van der Waals surface area contributed by atoms with Crippen LogP contribution in [0, 0.1) is 0 Å². The fourth-order valence-corrected chi connectivity index (χ4v) is 2.14. The van der Waals surface area contributed by atoms with E-state index in [1.807, 2.05) is 0 Å². The number of rotatable bonds is 4. The van der Waals surface area contributed by atoms with Gasteiger partial charge >= 0.3 is 12.1 Å². The lowest BCUT2D eigenvalue weighted by atomic mass is 10.2. The molecule has 0 aromatic carbocycles. The Morgan fingerprint density at radius 1 is 1.18 bits per heavy atom. The molecule has 0 saturated heterocycles. The quantitative estimate of drug-likeness (QED) is 0.762. The van der Waals surface area contributed by atoms with Gasteiger partial charge in [0.25, 0.3) is 0 Å². The van der Waals surface area contributed by atoms with Gasteiger partial charge in [-0.15, -0.1) is 0 Å². The van der Waals surface area contributed by atoms with Crippen LogP contribution in [-0.2, 0) is 4.79 Å². The molecule has 0 bridgehead atoms. The highest BCUT2D eigenvalue weighted by Gasteiger charge is 2.44. The Hall–Kier alpha value is -0.780. The molecule has 0 aliphatic heterocycles. The molecular weight excluding hydrogens is 233 g/mol. The van der Waals surface area contributed by atoms with E-state index in [1.54, 1.807) is 19.0 Å². The number of carbonyl (C=O) groups excluding carboxylic acids is 1. The molecule has 0 radical (unpaired) electrons. The molecular formula is C11H19F3N2O. The summed E-state index contributed by atoms with van der Waals surface area (Å²) in [6.07, 6.45) is -1.55. The van der Waals surface area contributed by atoms with E-state index in [-0.39, 0.29) is 12.6 Å². The van der Waals surface area contributed by atoms with E-state index >= 15 is 0 Å². The zero-order valence-corrected chi connectivity index (χ0v) is 10.3. The van der Waals surface area contributed by atoms with E-state index in [0.29, 0.717) is 19.4 Å². The SMILES string of the molecule is CN(C)CCN(C(=O)C(F)(F)F)C1CCCC1. The molecule has 0 spiro atoms. The Kier molecular flexibility index (Phi) is 4.80. The van der Waals surface area contributed by atoms with Crippen molar-refractivity contribution in [1.29, 1.82) is 0 Å². The Morgan fingerprint density at radius 2 is 1.71 bits per heavy atom. The van der Waals surface area contributed by atoms with Crippen LogP contribution in [0.4, 0.5) is 13.2 Å². The summed E-state index contributed by atoms with van der Waals surface area (Å²) in [6.45, 7) is 0.605. The third kappa shape index (κ3) is 4.18. The van der Waals surface area contributed by atoms with Crippen LogP contribution in [0.15, 0.2) is 0 Å².